The van der Waals surface area contributed by atoms with Crippen molar-refractivity contribution in [3.63, 3.8) is 0 Å². The van der Waals surface area contributed by atoms with Crippen LogP contribution < -0.4 is 20.5 Å². The molecule has 0 amide bonds. The molecule has 0 aliphatic rings. The number of nitrogens with one attached hydrogen (secondary N) is 1. The molecular formula is C9H14N2O2. The van der Waals surface area contributed by atoms with E-state index in [2.05, 4.69) is 5.32 Å². The standard InChI is InChI=1S/C9H14N2O2/c1-11-7-5-9(13-3)8(12-2)4-6(7)10/h4-5,11H,10H2,1-3H3. The Morgan fingerprint density at radius 3 is 2.15 bits per heavy atom. The largest absolute Gasteiger partial charge is 0.493 e. The first kappa shape index (κ1) is 9.51. The molecule has 72 valence electrons. The fourth-order valence-electron chi connectivity index (χ4n) is 1.11. The van der Waals surface area contributed by atoms with Crippen LogP contribution in [-0.2, 0) is 0 Å². The van der Waals surface area contributed by atoms with Crippen molar-refractivity contribution in [2.24, 2.45) is 0 Å². The highest BCUT2D eigenvalue weighted by Gasteiger charge is 2.07. The minimum Gasteiger partial charge on any atom is -0.493 e. The van der Waals surface area contributed by atoms with Gasteiger partial charge < -0.3 is 20.5 Å². The number of ether oxygens (including phenoxy) is 2. The van der Waals surface area contributed by atoms with E-state index in [0.717, 1.165) is 5.69 Å². The maximum atomic E-state index is 5.73. The summed E-state index contributed by atoms with van der Waals surface area (Å²) in [5, 5.41) is 2.96. The van der Waals surface area contributed by atoms with Crippen LogP contribution in [0.2, 0.25) is 0 Å². The molecule has 0 aliphatic heterocycles. The molecule has 4 nitrogen and oxygen atoms in total. The lowest BCUT2D eigenvalue weighted by Crippen LogP contribution is -1.98. The van der Waals surface area contributed by atoms with E-state index >= 15 is 0 Å². The Kier molecular flexibility index (Phi) is 2.84. The van der Waals surface area contributed by atoms with E-state index in [1.165, 1.54) is 0 Å². The first-order valence-electron chi connectivity index (χ1n) is 3.92. The van der Waals surface area contributed by atoms with Crippen molar-refractivity contribution in [2.45, 2.75) is 0 Å². The summed E-state index contributed by atoms with van der Waals surface area (Å²) >= 11 is 0. The van der Waals surface area contributed by atoms with Gasteiger partial charge in [-0.2, -0.15) is 0 Å². The quantitative estimate of drug-likeness (QED) is 0.692. The molecule has 3 N–H and O–H groups in total. The Hall–Kier alpha value is -1.58. The van der Waals surface area contributed by atoms with Gasteiger partial charge in [-0.1, -0.05) is 0 Å². The fourth-order valence-corrected chi connectivity index (χ4v) is 1.11. The Morgan fingerprint density at radius 2 is 1.69 bits per heavy atom. The monoisotopic (exact) mass is 182 g/mol. The van der Waals surface area contributed by atoms with Gasteiger partial charge in [-0.25, -0.2) is 0 Å². The van der Waals surface area contributed by atoms with E-state index in [0.29, 0.717) is 17.2 Å². The number of nitrogen functional groups attached to an aromatic ring is 1. The van der Waals surface area contributed by atoms with Crippen LogP contribution in [0.5, 0.6) is 11.5 Å². The molecule has 0 spiro atoms. The lowest BCUT2D eigenvalue weighted by molar-refractivity contribution is 0.355. The van der Waals surface area contributed by atoms with Crippen molar-refractivity contribution >= 4 is 11.4 Å². The molecule has 0 aromatic heterocycles. The van der Waals surface area contributed by atoms with Gasteiger partial charge in [0.25, 0.3) is 0 Å². The summed E-state index contributed by atoms with van der Waals surface area (Å²) in [6.45, 7) is 0. The number of methoxy groups -OCH3 is 2. The van der Waals surface area contributed by atoms with Crippen LogP contribution in [0.15, 0.2) is 12.1 Å². The predicted molar refractivity (Wildman–Crippen MR) is 53.5 cm³/mol. The lowest BCUT2D eigenvalue weighted by Gasteiger charge is -2.11. The number of hydrogen-bond acceptors (Lipinski definition) is 4. The smallest absolute Gasteiger partial charge is 0.162 e. The minimum absolute atomic E-state index is 0.638. The summed E-state index contributed by atoms with van der Waals surface area (Å²) in [7, 11) is 4.97. The third-order valence-corrected chi connectivity index (χ3v) is 1.83. The van der Waals surface area contributed by atoms with Gasteiger partial charge in [-0.15, -0.1) is 0 Å². The lowest BCUT2D eigenvalue weighted by atomic mass is 10.2. The van der Waals surface area contributed by atoms with E-state index in [9.17, 15) is 0 Å². The molecule has 0 fully saturated rings. The zero-order chi connectivity index (χ0) is 9.84. The molecule has 0 saturated heterocycles. The van der Waals surface area contributed by atoms with Crippen molar-refractivity contribution < 1.29 is 9.47 Å². The Morgan fingerprint density at radius 1 is 1.15 bits per heavy atom. The third-order valence-electron chi connectivity index (χ3n) is 1.83. The van der Waals surface area contributed by atoms with Gasteiger partial charge in [0.2, 0.25) is 0 Å². The molecule has 0 bridgehead atoms. The maximum absolute atomic E-state index is 5.73. The van der Waals surface area contributed by atoms with Gasteiger partial charge in [0.1, 0.15) is 0 Å². The first-order chi connectivity index (χ1) is 6.22. The summed E-state index contributed by atoms with van der Waals surface area (Å²) in [6.07, 6.45) is 0. The second-order valence-electron chi connectivity index (χ2n) is 2.54. The van der Waals surface area contributed by atoms with Crippen molar-refractivity contribution in [3.05, 3.63) is 12.1 Å². The number of rotatable bonds is 3. The van der Waals surface area contributed by atoms with Crippen LogP contribution in [0.3, 0.4) is 0 Å². The molecule has 1 aromatic carbocycles. The highest BCUT2D eigenvalue weighted by Crippen LogP contribution is 2.34. The topological polar surface area (TPSA) is 56.5 Å². The van der Waals surface area contributed by atoms with Gasteiger partial charge in [-0.3, -0.25) is 0 Å². The van der Waals surface area contributed by atoms with Gasteiger partial charge in [-0.05, 0) is 0 Å². The Labute approximate surface area is 77.6 Å². The number of anilines is 2. The second kappa shape index (κ2) is 3.89. The number of nitrogens with two attached hydrogens (primary N) is 1. The van der Waals surface area contributed by atoms with Crippen LogP contribution >= 0.6 is 0 Å². The highest BCUT2D eigenvalue weighted by molar-refractivity contribution is 5.71. The summed E-state index contributed by atoms with van der Waals surface area (Å²) in [4.78, 5) is 0. The van der Waals surface area contributed by atoms with Gasteiger partial charge in [0, 0.05) is 19.2 Å². The van der Waals surface area contributed by atoms with Crippen molar-refractivity contribution in [1.29, 1.82) is 0 Å². The third kappa shape index (κ3) is 1.77. The molecule has 0 heterocycles. The molecule has 0 radical (unpaired) electrons. The van der Waals surface area contributed by atoms with E-state index in [4.69, 9.17) is 15.2 Å². The van der Waals surface area contributed by atoms with E-state index < -0.39 is 0 Å². The van der Waals surface area contributed by atoms with E-state index in [1.807, 2.05) is 0 Å². The number of hydrogen-bond donors (Lipinski definition) is 2. The zero-order valence-electron chi connectivity index (χ0n) is 8.05. The van der Waals surface area contributed by atoms with Crippen molar-refractivity contribution in [1.82, 2.24) is 0 Å². The average Bonchev–Trinajstić information content (AvgIpc) is 2.17. The molecule has 4 heteroatoms. The molecule has 1 rings (SSSR count). The van der Waals surface area contributed by atoms with Crippen molar-refractivity contribution in [2.75, 3.05) is 32.3 Å². The van der Waals surface area contributed by atoms with Crippen LogP contribution in [-0.4, -0.2) is 21.3 Å². The summed E-state index contributed by atoms with van der Waals surface area (Å²) in [5.74, 6) is 1.31. The molecule has 1 aromatic rings. The van der Waals surface area contributed by atoms with Crippen LogP contribution in [0.1, 0.15) is 0 Å². The molecule has 0 atom stereocenters. The van der Waals surface area contributed by atoms with Crippen LogP contribution in [0.25, 0.3) is 0 Å². The molecule has 0 saturated carbocycles. The van der Waals surface area contributed by atoms with Crippen molar-refractivity contribution in [3.8, 4) is 11.5 Å². The highest BCUT2D eigenvalue weighted by atomic mass is 16.5. The summed E-state index contributed by atoms with van der Waals surface area (Å²) in [5.41, 5.74) is 7.20. The summed E-state index contributed by atoms with van der Waals surface area (Å²) < 4.78 is 10.2. The number of benzene rings is 1. The van der Waals surface area contributed by atoms with Gasteiger partial charge in [0.15, 0.2) is 11.5 Å². The molecule has 0 aliphatic carbocycles. The SMILES string of the molecule is CNc1cc(OC)c(OC)cc1N. The van der Waals surface area contributed by atoms with Crippen LogP contribution in [0.4, 0.5) is 11.4 Å². The normalized spacial score (nSPS) is 9.46. The summed E-state index contributed by atoms with van der Waals surface area (Å²) in [6, 6.07) is 3.53. The molecule has 13 heavy (non-hydrogen) atoms. The van der Waals surface area contributed by atoms with E-state index in [1.54, 1.807) is 33.4 Å². The second-order valence-corrected chi connectivity index (χ2v) is 2.54. The zero-order valence-corrected chi connectivity index (χ0v) is 8.05. The Bertz CT molecular complexity index is 300. The maximum Gasteiger partial charge on any atom is 0.162 e. The van der Waals surface area contributed by atoms with Crippen LogP contribution in [0, 0.1) is 0 Å². The van der Waals surface area contributed by atoms with Gasteiger partial charge in [0.05, 0.1) is 25.6 Å². The predicted octanol–water partition coefficient (Wildman–Crippen LogP) is 1.33. The average molecular weight is 182 g/mol. The molecule has 0 unspecified atom stereocenters. The first-order valence-corrected chi connectivity index (χ1v) is 3.92. The van der Waals surface area contributed by atoms with Gasteiger partial charge >= 0.3 is 0 Å². The molecular weight excluding hydrogens is 168 g/mol. The fraction of sp³-hybridized carbons (Fsp3) is 0.333. The van der Waals surface area contributed by atoms with E-state index in [-0.39, 0.29) is 0 Å². The Balaban J connectivity index is 3.18. The minimum atomic E-state index is 0.638.